The first-order valence-corrected chi connectivity index (χ1v) is 7.06. The van der Waals surface area contributed by atoms with E-state index in [1.54, 1.807) is 11.8 Å². The van der Waals surface area contributed by atoms with E-state index >= 15 is 0 Å². The molecule has 2 atom stereocenters. The van der Waals surface area contributed by atoms with Crippen LogP contribution >= 0.6 is 0 Å². The van der Waals surface area contributed by atoms with Crippen molar-refractivity contribution < 1.29 is 23.1 Å². The number of carbonyl (C=O) groups excluding carboxylic acids is 1. The first-order valence-electron chi connectivity index (χ1n) is 7.06. The van der Waals surface area contributed by atoms with E-state index in [0.29, 0.717) is 13.0 Å². The van der Waals surface area contributed by atoms with Crippen molar-refractivity contribution in [2.45, 2.75) is 44.5 Å². The fraction of sp³-hybridized carbons (Fsp3) is 0.571. The van der Waals surface area contributed by atoms with Crippen LogP contribution in [0, 0.1) is 0 Å². The number of aromatic nitrogens is 1. The first kappa shape index (κ1) is 16.5. The van der Waals surface area contributed by atoms with Crippen LogP contribution in [0.5, 0.6) is 0 Å². The molecule has 0 radical (unpaired) electrons. The summed E-state index contributed by atoms with van der Waals surface area (Å²) in [7, 11) is 0. The van der Waals surface area contributed by atoms with Crippen molar-refractivity contribution in [3.05, 3.63) is 24.0 Å². The quantitative estimate of drug-likeness (QED) is 0.901. The minimum absolute atomic E-state index is 0.0533. The van der Waals surface area contributed by atoms with Gasteiger partial charge in [-0.3, -0.25) is 0 Å². The van der Waals surface area contributed by atoms with Crippen LogP contribution in [0.3, 0.4) is 0 Å². The number of carbonyl (C=O) groups is 1. The summed E-state index contributed by atoms with van der Waals surface area (Å²) in [4.78, 5) is 17.1. The Bertz CT molecular complexity index is 517. The SMILES string of the molecule is CC(O)CC1CCCN1C(=O)Nc1ccc(C(F)(F)F)nc1. The molecule has 5 nitrogen and oxygen atoms in total. The van der Waals surface area contributed by atoms with Crippen molar-refractivity contribution in [3.8, 4) is 0 Å². The Labute approximate surface area is 126 Å². The molecule has 1 saturated heterocycles. The molecule has 2 unspecified atom stereocenters. The fourth-order valence-electron chi connectivity index (χ4n) is 2.57. The van der Waals surface area contributed by atoms with E-state index in [-0.39, 0.29) is 17.8 Å². The van der Waals surface area contributed by atoms with Crippen LogP contribution in [-0.4, -0.2) is 39.7 Å². The third-order valence-electron chi connectivity index (χ3n) is 3.56. The monoisotopic (exact) mass is 317 g/mol. The van der Waals surface area contributed by atoms with Crippen LogP contribution < -0.4 is 5.32 Å². The Kier molecular flexibility index (Phi) is 4.90. The number of aliphatic hydroxyl groups is 1. The van der Waals surface area contributed by atoms with Crippen molar-refractivity contribution in [2.24, 2.45) is 0 Å². The summed E-state index contributed by atoms with van der Waals surface area (Å²) in [6.45, 7) is 2.23. The molecule has 0 aromatic carbocycles. The van der Waals surface area contributed by atoms with Crippen molar-refractivity contribution in [2.75, 3.05) is 11.9 Å². The predicted molar refractivity (Wildman–Crippen MR) is 74.3 cm³/mol. The number of amides is 2. The molecule has 2 N–H and O–H groups in total. The molecule has 8 heteroatoms. The number of alkyl halides is 3. The highest BCUT2D eigenvalue weighted by molar-refractivity contribution is 5.89. The van der Waals surface area contributed by atoms with Crippen molar-refractivity contribution in [3.63, 3.8) is 0 Å². The number of nitrogens with zero attached hydrogens (tertiary/aromatic N) is 2. The van der Waals surface area contributed by atoms with E-state index < -0.39 is 18.0 Å². The summed E-state index contributed by atoms with van der Waals surface area (Å²) in [6.07, 6.45) is -1.88. The summed E-state index contributed by atoms with van der Waals surface area (Å²) in [5.41, 5.74) is -0.792. The van der Waals surface area contributed by atoms with Crippen LogP contribution in [0.1, 0.15) is 31.9 Å². The van der Waals surface area contributed by atoms with Crippen LogP contribution in [0.25, 0.3) is 0 Å². The summed E-state index contributed by atoms with van der Waals surface area (Å²) in [6, 6.07) is 1.56. The van der Waals surface area contributed by atoms with Crippen LogP contribution in [0.4, 0.5) is 23.7 Å². The Balaban J connectivity index is 1.99. The third kappa shape index (κ3) is 4.09. The number of nitrogens with one attached hydrogen (secondary N) is 1. The minimum atomic E-state index is -4.50. The average molecular weight is 317 g/mol. The highest BCUT2D eigenvalue weighted by atomic mass is 19.4. The van der Waals surface area contributed by atoms with Gasteiger partial charge in [-0.1, -0.05) is 0 Å². The van der Waals surface area contributed by atoms with Crippen molar-refractivity contribution in [1.29, 1.82) is 0 Å². The number of likely N-dealkylation sites (tertiary alicyclic amines) is 1. The molecule has 0 aliphatic carbocycles. The van der Waals surface area contributed by atoms with E-state index in [2.05, 4.69) is 10.3 Å². The lowest BCUT2D eigenvalue weighted by Crippen LogP contribution is -2.40. The third-order valence-corrected chi connectivity index (χ3v) is 3.56. The minimum Gasteiger partial charge on any atom is -0.393 e. The van der Waals surface area contributed by atoms with Crippen molar-refractivity contribution in [1.82, 2.24) is 9.88 Å². The zero-order valence-electron chi connectivity index (χ0n) is 12.1. The zero-order chi connectivity index (χ0) is 16.3. The standard InChI is InChI=1S/C14H18F3N3O2/c1-9(21)7-11-3-2-6-20(11)13(22)19-10-4-5-12(18-8-10)14(15,16)17/h4-5,8-9,11,21H,2-3,6-7H2,1H3,(H,19,22). The van der Waals surface area contributed by atoms with Gasteiger partial charge in [-0.15, -0.1) is 0 Å². The van der Waals surface area contributed by atoms with Gasteiger partial charge in [0.2, 0.25) is 0 Å². The van der Waals surface area contributed by atoms with Gasteiger partial charge >= 0.3 is 12.2 Å². The molecular weight excluding hydrogens is 299 g/mol. The number of hydrogen-bond acceptors (Lipinski definition) is 3. The van der Waals surface area contributed by atoms with Gasteiger partial charge in [0.15, 0.2) is 0 Å². The zero-order valence-corrected chi connectivity index (χ0v) is 12.1. The van der Waals surface area contributed by atoms with Gasteiger partial charge < -0.3 is 15.3 Å². The Morgan fingerprint density at radius 2 is 2.27 bits per heavy atom. The van der Waals surface area contributed by atoms with Gasteiger partial charge in [0.05, 0.1) is 18.0 Å². The fourth-order valence-corrected chi connectivity index (χ4v) is 2.57. The number of urea groups is 1. The number of halogens is 3. The van der Waals surface area contributed by atoms with Crippen LogP contribution in [-0.2, 0) is 6.18 Å². The lowest BCUT2D eigenvalue weighted by atomic mass is 10.1. The van der Waals surface area contributed by atoms with Gasteiger partial charge in [-0.2, -0.15) is 13.2 Å². The topological polar surface area (TPSA) is 65.5 Å². The predicted octanol–water partition coefficient (Wildman–Crippen LogP) is 2.87. The first-order chi connectivity index (χ1) is 10.3. The molecule has 1 aromatic rings. The molecule has 2 rings (SSSR count). The highest BCUT2D eigenvalue weighted by Crippen LogP contribution is 2.28. The summed E-state index contributed by atoms with van der Waals surface area (Å²) >= 11 is 0. The Morgan fingerprint density at radius 3 is 2.82 bits per heavy atom. The van der Waals surface area contributed by atoms with E-state index in [1.165, 1.54) is 6.07 Å². The molecule has 0 bridgehead atoms. The summed E-state index contributed by atoms with van der Waals surface area (Å²) < 4.78 is 37.3. The number of aliphatic hydroxyl groups excluding tert-OH is 1. The number of hydrogen-bond donors (Lipinski definition) is 2. The second kappa shape index (κ2) is 6.51. The lowest BCUT2D eigenvalue weighted by Gasteiger charge is -2.25. The molecule has 1 aliphatic rings. The Morgan fingerprint density at radius 1 is 1.55 bits per heavy atom. The van der Waals surface area contributed by atoms with Gasteiger partial charge in [0.25, 0.3) is 0 Å². The normalized spacial score (nSPS) is 20.0. The second-order valence-electron chi connectivity index (χ2n) is 5.43. The van der Waals surface area contributed by atoms with Crippen molar-refractivity contribution >= 4 is 11.7 Å². The maximum Gasteiger partial charge on any atom is 0.433 e. The molecular formula is C14H18F3N3O2. The maximum absolute atomic E-state index is 12.4. The Hall–Kier alpha value is -1.83. The molecule has 0 spiro atoms. The van der Waals surface area contributed by atoms with Gasteiger partial charge in [-0.25, -0.2) is 9.78 Å². The molecule has 2 amide bonds. The molecule has 1 fully saturated rings. The molecule has 1 aromatic heterocycles. The number of rotatable bonds is 3. The van der Waals surface area contributed by atoms with Crippen LogP contribution in [0.2, 0.25) is 0 Å². The van der Waals surface area contributed by atoms with Gasteiger partial charge in [0.1, 0.15) is 5.69 Å². The molecule has 1 aliphatic heterocycles. The lowest BCUT2D eigenvalue weighted by molar-refractivity contribution is -0.141. The average Bonchev–Trinajstić information content (AvgIpc) is 2.85. The second-order valence-corrected chi connectivity index (χ2v) is 5.43. The molecule has 2 heterocycles. The molecule has 122 valence electrons. The number of anilines is 1. The summed E-state index contributed by atoms with van der Waals surface area (Å²) in [5, 5.41) is 12.0. The van der Waals surface area contributed by atoms with Crippen LogP contribution in [0.15, 0.2) is 18.3 Å². The molecule has 0 saturated carbocycles. The van der Waals surface area contributed by atoms with E-state index in [4.69, 9.17) is 0 Å². The van der Waals surface area contributed by atoms with E-state index in [0.717, 1.165) is 25.1 Å². The highest BCUT2D eigenvalue weighted by Gasteiger charge is 2.32. The maximum atomic E-state index is 12.4. The molecule has 22 heavy (non-hydrogen) atoms. The largest absolute Gasteiger partial charge is 0.433 e. The van der Waals surface area contributed by atoms with Gasteiger partial charge in [0, 0.05) is 12.6 Å². The summed E-state index contributed by atoms with van der Waals surface area (Å²) in [5.74, 6) is 0. The van der Waals surface area contributed by atoms with E-state index in [1.807, 2.05) is 0 Å². The van der Waals surface area contributed by atoms with E-state index in [9.17, 15) is 23.1 Å². The smallest absolute Gasteiger partial charge is 0.393 e. The van der Waals surface area contributed by atoms with Gasteiger partial charge in [-0.05, 0) is 38.3 Å². The number of pyridine rings is 1.